The van der Waals surface area contributed by atoms with Crippen molar-refractivity contribution in [3.63, 3.8) is 0 Å². The van der Waals surface area contributed by atoms with Crippen LogP contribution in [-0.4, -0.2) is 29.1 Å². The Balaban J connectivity index is 3.34. The van der Waals surface area contributed by atoms with E-state index < -0.39 is 17.4 Å². The summed E-state index contributed by atoms with van der Waals surface area (Å²) in [5.74, 6) is -1.12. The fourth-order valence-electron chi connectivity index (χ4n) is 1.49. The highest BCUT2D eigenvalue weighted by atomic mass is 35.5. The highest BCUT2D eigenvalue weighted by molar-refractivity contribution is 6.42. The Kier molecular flexibility index (Phi) is 5.14. The number of hydrogen-bond acceptors (Lipinski definition) is 4. The summed E-state index contributed by atoms with van der Waals surface area (Å²) in [6.45, 7) is 3.20. The van der Waals surface area contributed by atoms with Crippen LogP contribution in [-0.2, 0) is 4.79 Å². The number of halogens is 2. The lowest BCUT2D eigenvalue weighted by Gasteiger charge is -2.21. The maximum atomic E-state index is 11.0. The van der Waals surface area contributed by atoms with E-state index in [-0.39, 0.29) is 28.0 Å². The number of benzene rings is 1. The molecule has 0 aliphatic carbocycles. The zero-order valence-corrected chi connectivity index (χ0v) is 11.2. The third-order valence-corrected chi connectivity index (χ3v) is 2.95. The lowest BCUT2D eigenvalue weighted by atomic mass is 10.2. The van der Waals surface area contributed by atoms with Crippen molar-refractivity contribution >= 4 is 40.5 Å². The molecule has 0 bridgehead atoms. The molecule has 0 saturated heterocycles. The molecule has 0 amide bonds. The third kappa shape index (κ3) is 3.84. The largest absolute Gasteiger partial charge is 0.480 e. The molecule has 0 spiro atoms. The molecule has 0 unspecified atom stereocenters. The number of aliphatic carboxylic acids is 1. The zero-order chi connectivity index (χ0) is 14.6. The molecule has 0 aliphatic heterocycles. The summed E-state index contributed by atoms with van der Waals surface area (Å²) in [7, 11) is 0. The number of carboxylic acid groups (broad SMARTS) is 1. The highest BCUT2D eigenvalue weighted by Crippen LogP contribution is 2.36. The maximum absolute atomic E-state index is 11.0. The van der Waals surface area contributed by atoms with Gasteiger partial charge in [-0.3, -0.25) is 14.9 Å². The molecule has 102 valence electrons. The Morgan fingerprint density at radius 2 is 2.05 bits per heavy atom. The first-order chi connectivity index (χ1) is 8.86. The molecule has 8 heteroatoms. The number of nitro benzene ring substituents is 1. The first-order valence-corrected chi connectivity index (χ1v) is 5.83. The summed E-state index contributed by atoms with van der Waals surface area (Å²) in [5, 5.41) is 20.0. The predicted molar refractivity (Wildman–Crippen MR) is 73.2 cm³/mol. The van der Waals surface area contributed by atoms with Crippen LogP contribution in [0.1, 0.15) is 0 Å². The Morgan fingerprint density at radius 1 is 1.47 bits per heavy atom. The van der Waals surface area contributed by atoms with Gasteiger partial charge in [0.1, 0.15) is 12.2 Å². The van der Waals surface area contributed by atoms with E-state index in [0.29, 0.717) is 0 Å². The number of nitro groups is 1. The van der Waals surface area contributed by atoms with Gasteiger partial charge in [-0.25, -0.2) is 0 Å². The van der Waals surface area contributed by atoms with Crippen LogP contribution in [0, 0.1) is 10.1 Å². The fraction of sp³-hybridized carbons (Fsp3) is 0.182. The molecule has 19 heavy (non-hydrogen) atoms. The summed E-state index contributed by atoms with van der Waals surface area (Å²) in [5.41, 5.74) is -0.223. The van der Waals surface area contributed by atoms with Crippen molar-refractivity contribution in [3.8, 4) is 0 Å². The average molecular weight is 305 g/mol. The minimum Gasteiger partial charge on any atom is -0.480 e. The van der Waals surface area contributed by atoms with Crippen LogP contribution in [0.2, 0.25) is 10.0 Å². The van der Waals surface area contributed by atoms with E-state index in [1.807, 2.05) is 0 Å². The van der Waals surface area contributed by atoms with Crippen LogP contribution in [0.4, 0.5) is 11.4 Å². The van der Waals surface area contributed by atoms with Gasteiger partial charge in [-0.15, -0.1) is 6.58 Å². The van der Waals surface area contributed by atoms with Crippen LogP contribution in [0.15, 0.2) is 24.8 Å². The topological polar surface area (TPSA) is 83.7 Å². The number of nitrogens with zero attached hydrogens (tertiary/aromatic N) is 2. The maximum Gasteiger partial charge on any atom is 0.323 e. The minimum absolute atomic E-state index is 0.0333. The van der Waals surface area contributed by atoms with E-state index in [9.17, 15) is 14.9 Å². The monoisotopic (exact) mass is 304 g/mol. The van der Waals surface area contributed by atoms with Crippen molar-refractivity contribution in [2.45, 2.75) is 0 Å². The van der Waals surface area contributed by atoms with E-state index in [2.05, 4.69) is 6.58 Å². The Hall–Kier alpha value is -1.79. The second-order valence-electron chi connectivity index (χ2n) is 3.58. The Labute approximate surface area is 119 Å². The lowest BCUT2D eigenvalue weighted by Crippen LogP contribution is -2.30. The van der Waals surface area contributed by atoms with Crippen LogP contribution >= 0.6 is 23.2 Å². The van der Waals surface area contributed by atoms with Gasteiger partial charge in [0.05, 0.1) is 15.0 Å². The van der Waals surface area contributed by atoms with E-state index in [1.165, 1.54) is 17.0 Å². The van der Waals surface area contributed by atoms with Gasteiger partial charge in [-0.1, -0.05) is 29.3 Å². The van der Waals surface area contributed by atoms with E-state index in [4.69, 9.17) is 28.3 Å². The average Bonchev–Trinajstić information content (AvgIpc) is 2.30. The van der Waals surface area contributed by atoms with Crippen LogP contribution in [0.3, 0.4) is 0 Å². The number of hydrogen-bond donors (Lipinski definition) is 1. The van der Waals surface area contributed by atoms with Gasteiger partial charge in [0.15, 0.2) is 0 Å². The van der Waals surface area contributed by atoms with Crippen molar-refractivity contribution < 1.29 is 14.8 Å². The third-order valence-electron chi connectivity index (χ3n) is 2.23. The molecule has 0 saturated carbocycles. The molecule has 0 aromatic heterocycles. The molecule has 1 aromatic carbocycles. The Morgan fingerprint density at radius 3 is 2.53 bits per heavy atom. The zero-order valence-electron chi connectivity index (χ0n) is 9.68. The Bertz CT molecular complexity index is 534. The molecule has 1 N–H and O–H groups in total. The van der Waals surface area contributed by atoms with Crippen molar-refractivity contribution in [2.75, 3.05) is 18.0 Å². The quantitative estimate of drug-likeness (QED) is 0.496. The predicted octanol–water partition coefficient (Wildman–Crippen LogP) is 2.98. The smallest absolute Gasteiger partial charge is 0.323 e. The number of rotatable bonds is 6. The normalized spacial score (nSPS) is 10.0. The summed E-state index contributed by atoms with van der Waals surface area (Å²) < 4.78 is 0. The summed E-state index contributed by atoms with van der Waals surface area (Å²) in [6.07, 6.45) is 1.44. The second-order valence-corrected chi connectivity index (χ2v) is 4.39. The molecule has 1 rings (SSSR count). The van der Waals surface area contributed by atoms with Crippen molar-refractivity contribution in [3.05, 3.63) is 44.9 Å². The molecule has 0 aliphatic rings. The standard InChI is InChI=1S/C11H10Cl2N2O4/c1-2-3-14(6-11(16)17)9-4-7(12)8(13)5-10(9)15(18)19/h2,4-5H,1,3,6H2,(H,16,17). The summed E-state index contributed by atoms with van der Waals surface area (Å²) in [6, 6.07) is 2.37. The first kappa shape index (κ1) is 15.3. The summed E-state index contributed by atoms with van der Waals surface area (Å²) in [4.78, 5) is 22.4. The molecule has 0 atom stereocenters. The van der Waals surface area contributed by atoms with Gasteiger partial charge in [-0.2, -0.15) is 0 Å². The minimum atomic E-state index is -1.12. The van der Waals surface area contributed by atoms with Crippen LogP contribution in [0.25, 0.3) is 0 Å². The summed E-state index contributed by atoms with van der Waals surface area (Å²) >= 11 is 11.5. The van der Waals surface area contributed by atoms with E-state index >= 15 is 0 Å². The SMILES string of the molecule is C=CCN(CC(=O)O)c1cc(Cl)c(Cl)cc1[N+](=O)[O-]. The molecular weight excluding hydrogens is 295 g/mol. The van der Waals surface area contributed by atoms with Gasteiger partial charge >= 0.3 is 5.97 Å². The van der Waals surface area contributed by atoms with Crippen molar-refractivity contribution in [1.29, 1.82) is 0 Å². The van der Waals surface area contributed by atoms with Gasteiger partial charge in [0.2, 0.25) is 0 Å². The molecular formula is C11H10Cl2N2O4. The molecule has 6 nitrogen and oxygen atoms in total. The number of carbonyl (C=O) groups is 1. The van der Waals surface area contributed by atoms with E-state index in [0.717, 1.165) is 6.07 Å². The van der Waals surface area contributed by atoms with Gasteiger partial charge in [0.25, 0.3) is 5.69 Å². The second kappa shape index (κ2) is 6.40. The number of carboxylic acids is 1. The van der Waals surface area contributed by atoms with Crippen molar-refractivity contribution in [1.82, 2.24) is 0 Å². The van der Waals surface area contributed by atoms with Gasteiger partial charge in [-0.05, 0) is 6.07 Å². The first-order valence-electron chi connectivity index (χ1n) is 5.08. The van der Waals surface area contributed by atoms with Crippen LogP contribution in [0.5, 0.6) is 0 Å². The molecule has 0 heterocycles. The molecule has 0 fully saturated rings. The molecule has 1 aromatic rings. The van der Waals surface area contributed by atoms with Gasteiger partial charge < -0.3 is 10.0 Å². The van der Waals surface area contributed by atoms with Crippen molar-refractivity contribution in [2.24, 2.45) is 0 Å². The fourth-order valence-corrected chi connectivity index (χ4v) is 1.81. The van der Waals surface area contributed by atoms with Gasteiger partial charge in [0, 0.05) is 12.6 Å². The highest BCUT2D eigenvalue weighted by Gasteiger charge is 2.22. The lowest BCUT2D eigenvalue weighted by molar-refractivity contribution is -0.384. The number of anilines is 1. The molecule has 0 radical (unpaired) electrons. The van der Waals surface area contributed by atoms with E-state index in [1.54, 1.807) is 0 Å². The van der Waals surface area contributed by atoms with Crippen LogP contribution < -0.4 is 4.90 Å².